The van der Waals surface area contributed by atoms with Crippen molar-refractivity contribution in [1.82, 2.24) is 4.72 Å². The summed E-state index contributed by atoms with van der Waals surface area (Å²) in [7, 11) is -4.01. The van der Waals surface area contributed by atoms with E-state index >= 15 is 0 Å². The molecule has 116 valence electrons. The van der Waals surface area contributed by atoms with Gasteiger partial charge in [0.25, 0.3) is 0 Å². The summed E-state index contributed by atoms with van der Waals surface area (Å²) < 4.78 is 31.5. The van der Waals surface area contributed by atoms with Crippen molar-refractivity contribution in [2.45, 2.75) is 24.8 Å². The van der Waals surface area contributed by atoms with Gasteiger partial charge in [-0.25, -0.2) is 8.42 Å². The Morgan fingerprint density at radius 3 is 2.67 bits per heavy atom. The molecule has 6 nitrogen and oxygen atoms in total. The van der Waals surface area contributed by atoms with Crippen molar-refractivity contribution >= 4 is 44.8 Å². The zero-order chi connectivity index (χ0) is 16.2. The molecule has 0 aliphatic heterocycles. The van der Waals surface area contributed by atoms with E-state index in [0.717, 1.165) is 0 Å². The molecule has 0 aromatic heterocycles. The minimum atomic E-state index is -4.01. The van der Waals surface area contributed by atoms with Crippen LogP contribution in [-0.2, 0) is 19.6 Å². The number of benzene rings is 1. The standard InChI is InChI=1S/C12H15ClN2O4S2/c1-3-19-12(16)7(2)15-21(17,18)10-6-8(11(14)20)4-5-9(10)13/h4-7,15H,3H2,1-2H3,(H2,14,20). The fourth-order valence-corrected chi connectivity index (χ4v) is 3.32. The SMILES string of the molecule is CCOC(=O)C(C)NS(=O)(=O)c1cc(C(N)=S)ccc1Cl. The first kappa shape index (κ1) is 17.8. The van der Waals surface area contributed by atoms with Crippen LogP contribution in [-0.4, -0.2) is 32.0 Å². The first-order valence-electron chi connectivity index (χ1n) is 5.97. The molecule has 0 amide bonds. The van der Waals surface area contributed by atoms with E-state index in [0.29, 0.717) is 5.56 Å². The van der Waals surface area contributed by atoms with Gasteiger partial charge in [-0.3, -0.25) is 4.79 Å². The van der Waals surface area contributed by atoms with Gasteiger partial charge in [-0.15, -0.1) is 0 Å². The predicted octanol–water partition coefficient (Wildman–Crippen LogP) is 1.20. The molecule has 0 spiro atoms. The molecule has 1 unspecified atom stereocenters. The van der Waals surface area contributed by atoms with E-state index in [2.05, 4.69) is 4.72 Å². The van der Waals surface area contributed by atoms with Crippen LogP contribution < -0.4 is 10.5 Å². The molecule has 0 saturated heterocycles. The average molecular weight is 351 g/mol. The van der Waals surface area contributed by atoms with Crippen LogP contribution in [0.5, 0.6) is 0 Å². The Kier molecular flexibility index (Phi) is 6.09. The van der Waals surface area contributed by atoms with E-state index in [1.165, 1.54) is 25.1 Å². The van der Waals surface area contributed by atoms with Crippen LogP contribution in [0.25, 0.3) is 0 Å². The summed E-state index contributed by atoms with van der Waals surface area (Å²) in [6.45, 7) is 3.16. The molecule has 1 aromatic rings. The molecular formula is C12H15ClN2O4S2. The van der Waals surface area contributed by atoms with Gasteiger partial charge in [0, 0.05) is 5.56 Å². The predicted molar refractivity (Wildman–Crippen MR) is 83.8 cm³/mol. The zero-order valence-electron chi connectivity index (χ0n) is 11.4. The lowest BCUT2D eigenvalue weighted by molar-refractivity contribution is -0.144. The van der Waals surface area contributed by atoms with Crippen molar-refractivity contribution in [3.63, 3.8) is 0 Å². The molecule has 3 N–H and O–H groups in total. The fourth-order valence-electron chi connectivity index (χ4n) is 1.47. The van der Waals surface area contributed by atoms with Crippen molar-refractivity contribution in [2.75, 3.05) is 6.61 Å². The average Bonchev–Trinajstić information content (AvgIpc) is 2.38. The van der Waals surface area contributed by atoms with Gasteiger partial charge in [-0.05, 0) is 26.0 Å². The molecule has 0 saturated carbocycles. The van der Waals surface area contributed by atoms with Crippen molar-refractivity contribution in [3.05, 3.63) is 28.8 Å². The highest BCUT2D eigenvalue weighted by molar-refractivity contribution is 7.89. The highest BCUT2D eigenvalue weighted by Crippen LogP contribution is 2.23. The smallest absolute Gasteiger partial charge is 0.323 e. The van der Waals surface area contributed by atoms with E-state index in [-0.39, 0.29) is 21.5 Å². The Morgan fingerprint density at radius 1 is 1.52 bits per heavy atom. The Balaban J connectivity index is 3.11. The first-order chi connectivity index (χ1) is 9.69. The third kappa shape index (κ3) is 4.63. The Morgan fingerprint density at radius 2 is 2.14 bits per heavy atom. The molecule has 0 heterocycles. The lowest BCUT2D eigenvalue weighted by Gasteiger charge is -2.14. The van der Waals surface area contributed by atoms with Gasteiger partial charge in [0.15, 0.2) is 0 Å². The maximum Gasteiger partial charge on any atom is 0.323 e. The molecule has 0 radical (unpaired) electrons. The van der Waals surface area contributed by atoms with E-state index in [1.54, 1.807) is 6.92 Å². The second-order valence-corrected chi connectivity index (χ2v) is 6.63. The molecular weight excluding hydrogens is 336 g/mol. The summed E-state index contributed by atoms with van der Waals surface area (Å²) in [6.07, 6.45) is 0. The summed E-state index contributed by atoms with van der Waals surface area (Å²) >= 11 is 10.7. The van der Waals surface area contributed by atoms with E-state index in [4.69, 9.17) is 34.3 Å². The summed E-state index contributed by atoms with van der Waals surface area (Å²) in [5, 5.41) is -0.00133. The second-order valence-electron chi connectivity index (χ2n) is 4.10. The zero-order valence-corrected chi connectivity index (χ0v) is 13.8. The van der Waals surface area contributed by atoms with Crippen molar-refractivity contribution in [1.29, 1.82) is 0 Å². The molecule has 21 heavy (non-hydrogen) atoms. The number of rotatable bonds is 6. The number of hydrogen-bond donors (Lipinski definition) is 2. The molecule has 9 heteroatoms. The largest absolute Gasteiger partial charge is 0.465 e. The van der Waals surface area contributed by atoms with Crippen LogP contribution in [0.1, 0.15) is 19.4 Å². The van der Waals surface area contributed by atoms with Crippen LogP contribution in [0.2, 0.25) is 5.02 Å². The number of nitrogens with one attached hydrogen (secondary N) is 1. The van der Waals surface area contributed by atoms with Crippen LogP contribution in [0.15, 0.2) is 23.1 Å². The monoisotopic (exact) mass is 350 g/mol. The molecule has 1 rings (SSSR count). The van der Waals surface area contributed by atoms with Crippen molar-refractivity contribution in [3.8, 4) is 0 Å². The number of halogens is 1. The first-order valence-corrected chi connectivity index (χ1v) is 8.24. The summed E-state index contributed by atoms with van der Waals surface area (Å²) in [6, 6.07) is 3.10. The second kappa shape index (κ2) is 7.17. The van der Waals surface area contributed by atoms with Crippen LogP contribution in [0, 0.1) is 0 Å². The molecule has 0 aliphatic carbocycles. The van der Waals surface area contributed by atoms with Gasteiger partial charge >= 0.3 is 5.97 Å². The highest BCUT2D eigenvalue weighted by Gasteiger charge is 2.25. The maximum absolute atomic E-state index is 12.3. The highest BCUT2D eigenvalue weighted by atomic mass is 35.5. The van der Waals surface area contributed by atoms with Crippen LogP contribution in [0.3, 0.4) is 0 Å². The van der Waals surface area contributed by atoms with Gasteiger partial charge in [0.1, 0.15) is 15.9 Å². The lowest BCUT2D eigenvalue weighted by Crippen LogP contribution is -2.39. The summed E-state index contributed by atoms with van der Waals surface area (Å²) in [4.78, 5) is 11.3. The fraction of sp³-hybridized carbons (Fsp3) is 0.333. The van der Waals surface area contributed by atoms with Crippen LogP contribution >= 0.6 is 23.8 Å². The molecule has 1 atom stereocenters. The summed E-state index contributed by atoms with van der Waals surface area (Å²) in [5.41, 5.74) is 5.82. The van der Waals surface area contributed by atoms with E-state index in [1.807, 2.05) is 0 Å². The number of nitrogens with two attached hydrogens (primary N) is 1. The number of ether oxygens (including phenoxy) is 1. The number of carbonyl (C=O) groups is 1. The number of carbonyl (C=O) groups excluding carboxylic acids is 1. The molecule has 0 aliphatic rings. The minimum Gasteiger partial charge on any atom is -0.465 e. The van der Waals surface area contributed by atoms with Crippen molar-refractivity contribution < 1.29 is 17.9 Å². The van der Waals surface area contributed by atoms with Gasteiger partial charge in [0.05, 0.1) is 11.6 Å². The Labute approximate surface area is 133 Å². The topological polar surface area (TPSA) is 98.5 Å². The van der Waals surface area contributed by atoms with Gasteiger partial charge in [-0.1, -0.05) is 29.9 Å². The van der Waals surface area contributed by atoms with Gasteiger partial charge in [0.2, 0.25) is 10.0 Å². The van der Waals surface area contributed by atoms with Gasteiger partial charge in [-0.2, -0.15) is 4.72 Å². The number of hydrogen-bond acceptors (Lipinski definition) is 5. The molecule has 0 fully saturated rings. The Hall–Kier alpha value is -1.22. The minimum absolute atomic E-state index is 0.00133. The van der Waals surface area contributed by atoms with Gasteiger partial charge < -0.3 is 10.5 Å². The maximum atomic E-state index is 12.3. The van der Waals surface area contributed by atoms with Crippen molar-refractivity contribution in [2.24, 2.45) is 5.73 Å². The third-order valence-electron chi connectivity index (χ3n) is 2.48. The Bertz CT molecular complexity index is 661. The lowest BCUT2D eigenvalue weighted by atomic mass is 10.2. The molecule has 1 aromatic carbocycles. The number of sulfonamides is 1. The number of thiocarbonyl (C=S) groups is 1. The third-order valence-corrected chi connectivity index (χ3v) is 4.74. The van der Waals surface area contributed by atoms with E-state index < -0.39 is 22.0 Å². The normalized spacial score (nSPS) is 12.7. The molecule has 0 bridgehead atoms. The quantitative estimate of drug-likeness (QED) is 0.591. The summed E-state index contributed by atoms with van der Waals surface area (Å²) in [5.74, 6) is -0.678. The van der Waals surface area contributed by atoms with E-state index in [9.17, 15) is 13.2 Å². The number of esters is 1. The van der Waals surface area contributed by atoms with Crippen LogP contribution in [0.4, 0.5) is 0 Å².